The third-order valence-corrected chi connectivity index (χ3v) is 8.32. The van der Waals surface area contributed by atoms with Gasteiger partial charge in [0, 0.05) is 4.91 Å². The molecule has 0 saturated heterocycles. The van der Waals surface area contributed by atoms with Gasteiger partial charge in [0.2, 0.25) is 0 Å². The highest BCUT2D eigenvalue weighted by Gasteiger charge is 2.32. The van der Waals surface area contributed by atoms with E-state index in [9.17, 15) is 33.9 Å². The number of esters is 3. The van der Waals surface area contributed by atoms with Crippen molar-refractivity contribution in [2.75, 3.05) is 0 Å². The highest BCUT2D eigenvalue weighted by molar-refractivity contribution is 5.83. The second kappa shape index (κ2) is 29.0. The second-order valence-electron chi connectivity index (χ2n) is 18.6. The van der Waals surface area contributed by atoms with Gasteiger partial charge in [-0.25, -0.2) is 28.8 Å². The Morgan fingerprint density at radius 1 is 0.515 bits per heavy atom. The Labute approximate surface area is 399 Å². The summed E-state index contributed by atoms with van der Waals surface area (Å²) in [5, 5.41) is 20.4. The largest absolute Gasteiger partial charge is 0.459 e. The summed E-state index contributed by atoms with van der Waals surface area (Å²) in [5.74, 6) is -1.99. The number of carbonyl (C=O) groups excluding carboxylic acids is 6. The minimum Gasteiger partial charge on any atom is -0.459 e. The van der Waals surface area contributed by atoms with Crippen molar-refractivity contribution in [3.8, 4) is 0 Å². The maximum Gasteiger partial charge on any atom is 0.408 e. The third kappa shape index (κ3) is 26.9. The van der Waals surface area contributed by atoms with E-state index in [-0.39, 0.29) is 25.7 Å². The van der Waals surface area contributed by atoms with Crippen molar-refractivity contribution in [3.63, 3.8) is 0 Å². The fraction of sp³-hybridized carbons (Fsp3) is 0.510. The lowest BCUT2D eigenvalue weighted by Gasteiger charge is -2.24. The summed E-state index contributed by atoms with van der Waals surface area (Å²) in [6, 6.07) is 23.7. The zero-order valence-corrected chi connectivity index (χ0v) is 41.4. The molecule has 0 aromatic heterocycles. The number of hydrogen-bond donors (Lipinski definition) is 4. The molecule has 3 rings (SSSR count). The first-order chi connectivity index (χ1) is 31.6. The fourth-order valence-electron chi connectivity index (χ4n) is 5.16. The Morgan fingerprint density at radius 3 is 1.07 bits per heavy atom. The van der Waals surface area contributed by atoms with Crippen LogP contribution >= 0.6 is 0 Å². The Hall–Kier alpha value is -6.85. The molecule has 0 fully saturated rings. The molecule has 0 bridgehead atoms. The van der Waals surface area contributed by atoms with Crippen LogP contribution in [-0.2, 0) is 62.6 Å². The topological polar surface area (TPSA) is 263 Å². The number of benzene rings is 3. The van der Waals surface area contributed by atoms with Crippen molar-refractivity contribution in [2.45, 2.75) is 157 Å². The lowest BCUT2D eigenvalue weighted by molar-refractivity contribution is -0.150. The number of aliphatic hydroxyl groups excluding tert-OH is 1. The molecule has 5 atom stereocenters. The Balaban J connectivity index is 0.000000511. The number of alkyl carbamates (subject to hydrolysis) is 3. The van der Waals surface area contributed by atoms with E-state index in [2.05, 4.69) is 26.0 Å². The Morgan fingerprint density at radius 2 is 0.794 bits per heavy atom. The Bertz CT molecular complexity index is 1970. The normalized spacial score (nSPS) is 13.2. The lowest BCUT2D eigenvalue weighted by atomic mass is 10.1. The summed E-state index contributed by atoms with van der Waals surface area (Å²) in [4.78, 5) is 74.5. The van der Waals surface area contributed by atoms with Crippen molar-refractivity contribution in [2.24, 2.45) is 11.0 Å². The van der Waals surface area contributed by atoms with Crippen LogP contribution in [0.15, 0.2) is 96.1 Å². The number of hydrogen-bond acceptors (Lipinski definition) is 14. The van der Waals surface area contributed by atoms with Crippen molar-refractivity contribution in [1.82, 2.24) is 16.0 Å². The molecule has 0 spiro atoms. The quantitative estimate of drug-likeness (QED) is 0.0345. The van der Waals surface area contributed by atoms with Gasteiger partial charge in [-0.3, -0.25) is 0 Å². The lowest BCUT2D eigenvalue weighted by Crippen LogP contribution is -2.49. The van der Waals surface area contributed by atoms with Crippen LogP contribution in [-0.4, -0.2) is 88.4 Å². The molecular formula is C49H70N6O13. The SMILES string of the molecule is CC(C)[C@H](NC(=O)OC(C)(C)C)C(=O)OCc1ccccc1.C[C@@H](N=[N+]=[N-])[C@H](NC(=O)OC(C)(C)C)C(=O)OCc1ccccc1.C[C@@H](O)[C@H](NC(=O)OC(C)(C)C)C(=O)OCc1ccccc1. The number of amides is 3. The number of rotatable bonds is 16. The summed E-state index contributed by atoms with van der Waals surface area (Å²) in [7, 11) is 0. The molecule has 3 aromatic carbocycles. The maximum atomic E-state index is 12.3. The van der Waals surface area contributed by atoms with E-state index in [1.165, 1.54) is 13.8 Å². The molecule has 0 aliphatic carbocycles. The van der Waals surface area contributed by atoms with Crippen LogP contribution in [0, 0.1) is 5.92 Å². The number of nitrogens with zero attached hydrogens (tertiary/aromatic N) is 3. The molecular weight excluding hydrogens is 881 g/mol. The van der Waals surface area contributed by atoms with E-state index in [4.69, 9.17) is 34.0 Å². The van der Waals surface area contributed by atoms with E-state index in [1.807, 2.05) is 92.7 Å². The van der Waals surface area contributed by atoms with Crippen molar-refractivity contribution in [3.05, 3.63) is 118 Å². The molecule has 0 heterocycles. The van der Waals surface area contributed by atoms with Crippen LogP contribution in [0.3, 0.4) is 0 Å². The van der Waals surface area contributed by atoms with Crippen LogP contribution in [0.1, 0.15) is 107 Å². The molecule has 0 saturated carbocycles. The first kappa shape index (κ1) is 59.2. The summed E-state index contributed by atoms with van der Waals surface area (Å²) in [6.07, 6.45) is -3.29. The zero-order chi connectivity index (χ0) is 51.7. The second-order valence-corrected chi connectivity index (χ2v) is 18.6. The molecule has 3 aromatic rings. The first-order valence-corrected chi connectivity index (χ1v) is 21.9. The summed E-state index contributed by atoms with van der Waals surface area (Å²) in [5.41, 5.74) is 9.06. The van der Waals surface area contributed by atoms with Gasteiger partial charge in [0.15, 0.2) is 6.04 Å². The Kier molecular flexibility index (Phi) is 25.3. The molecule has 0 unspecified atom stereocenters. The molecule has 0 aliphatic heterocycles. The summed E-state index contributed by atoms with van der Waals surface area (Å²) < 4.78 is 30.9. The number of azide groups is 1. The smallest absolute Gasteiger partial charge is 0.408 e. The van der Waals surface area contributed by atoms with Gasteiger partial charge >= 0.3 is 36.2 Å². The summed E-state index contributed by atoms with van der Waals surface area (Å²) in [6.45, 7) is 22.4. The van der Waals surface area contributed by atoms with Gasteiger partial charge in [0.1, 0.15) is 48.7 Å². The van der Waals surface area contributed by atoms with Crippen LogP contribution in [0.25, 0.3) is 10.4 Å². The minimum absolute atomic E-state index is 0.0508. The van der Waals surface area contributed by atoms with Crippen molar-refractivity contribution >= 4 is 36.2 Å². The monoisotopic (exact) mass is 951 g/mol. The number of carbonyl (C=O) groups is 6. The van der Waals surface area contributed by atoms with Gasteiger partial charge in [-0.15, -0.1) is 0 Å². The molecule has 19 heteroatoms. The third-order valence-electron chi connectivity index (χ3n) is 8.32. The van der Waals surface area contributed by atoms with Crippen LogP contribution in [0.2, 0.25) is 0 Å². The van der Waals surface area contributed by atoms with E-state index in [0.29, 0.717) is 0 Å². The first-order valence-electron chi connectivity index (χ1n) is 21.9. The van der Waals surface area contributed by atoms with Gasteiger partial charge < -0.3 is 49.5 Å². The van der Waals surface area contributed by atoms with Gasteiger partial charge in [-0.1, -0.05) is 117 Å². The van der Waals surface area contributed by atoms with Crippen LogP contribution < -0.4 is 16.0 Å². The van der Waals surface area contributed by atoms with Gasteiger partial charge in [0.05, 0.1) is 12.1 Å². The zero-order valence-electron chi connectivity index (χ0n) is 41.4. The van der Waals surface area contributed by atoms with E-state index in [0.717, 1.165) is 16.7 Å². The standard InChI is InChI=1S/C17H25NO4.C16H22N4O4.C16H23NO5/c1-12(2)14(18-16(20)22-17(3,4)5)15(19)21-11-13-9-7-6-8-10-13;1-11(19-20-17)13(18-15(22)24-16(2,3)4)14(21)23-10-12-8-6-5-7-9-12;1-11(18)13(17-15(20)22-16(2,3)4)14(19)21-10-12-8-6-5-7-9-12/h6-10,12,14H,11H2,1-5H3,(H,18,20);5-9,11,13H,10H2,1-4H3,(H,18,22);5-9,11,13,18H,10H2,1-4H3,(H,17,20)/t14-;2*11-,13+/m011/s1. The average Bonchev–Trinajstić information content (AvgIpc) is 3.23. The van der Waals surface area contributed by atoms with E-state index in [1.54, 1.807) is 74.4 Å². The van der Waals surface area contributed by atoms with Gasteiger partial charge in [0.25, 0.3) is 0 Å². The van der Waals surface area contributed by atoms with Crippen LogP contribution in [0.4, 0.5) is 14.4 Å². The highest BCUT2D eigenvalue weighted by Crippen LogP contribution is 2.13. The summed E-state index contributed by atoms with van der Waals surface area (Å²) >= 11 is 0. The number of aliphatic hydroxyl groups is 1. The minimum atomic E-state index is -1.18. The van der Waals surface area contributed by atoms with E-state index < -0.39 is 83.3 Å². The fourth-order valence-corrected chi connectivity index (χ4v) is 5.16. The molecule has 3 amide bonds. The molecule has 0 aliphatic rings. The van der Waals surface area contributed by atoms with Crippen LogP contribution in [0.5, 0.6) is 0 Å². The van der Waals surface area contributed by atoms with E-state index >= 15 is 0 Å². The number of ether oxygens (including phenoxy) is 6. The maximum absolute atomic E-state index is 12.3. The predicted molar refractivity (Wildman–Crippen MR) is 253 cm³/mol. The molecule has 68 heavy (non-hydrogen) atoms. The van der Waals surface area contributed by atoms with Gasteiger partial charge in [-0.05, 0) is 97.4 Å². The molecule has 19 nitrogen and oxygen atoms in total. The van der Waals surface area contributed by atoms with Gasteiger partial charge in [-0.2, -0.15) is 0 Å². The number of nitrogens with one attached hydrogen (secondary N) is 3. The predicted octanol–water partition coefficient (Wildman–Crippen LogP) is 8.60. The molecule has 0 radical (unpaired) electrons. The molecule has 4 N–H and O–H groups in total. The average molecular weight is 951 g/mol. The highest BCUT2D eigenvalue weighted by atomic mass is 16.6. The molecule has 374 valence electrons. The van der Waals surface area contributed by atoms with Crippen molar-refractivity contribution < 1.29 is 62.3 Å². The van der Waals surface area contributed by atoms with Crippen molar-refractivity contribution in [1.29, 1.82) is 0 Å².